The van der Waals surface area contributed by atoms with E-state index in [1.807, 2.05) is 12.1 Å². The fraction of sp³-hybridized carbons (Fsp3) is 0.250. The minimum absolute atomic E-state index is 0. The topological polar surface area (TPSA) is 0 Å². The van der Waals surface area contributed by atoms with Crippen LogP contribution in [0.3, 0.4) is 0 Å². The van der Waals surface area contributed by atoms with Crippen LogP contribution in [0, 0.1) is 57.7 Å². The van der Waals surface area contributed by atoms with Crippen LogP contribution in [0.2, 0.25) is 0 Å². The molecule has 1 aromatic carbocycles. The van der Waals surface area contributed by atoms with Gasteiger partial charge in [-0.1, -0.05) is 29.3 Å². The molecule has 49 valence electrons. The minimum atomic E-state index is 0. The third kappa shape index (κ3) is 3.24. The van der Waals surface area contributed by atoms with Crippen LogP contribution >= 0.6 is 0 Å². The van der Waals surface area contributed by atoms with Crippen molar-refractivity contribution in [3.8, 4) is 0 Å². The van der Waals surface area contributed by atoms with E-state index in [1.54, 1.807) is 0 Å². The summed E-state index contributed by atoms with van der Waals surface area (Å²) in [4.78, 5) is 0. The molecule has 0 N–H and O–H groups in total. The number of benzene rings is 1. The molecule has 0 saturated heterocycles. The van der Waals surface area contributed by atoms with Gasteiger partial charge in [0.2, 0.25) is 0 Å². The second kappa shape index (κ2) is 4.32. The van der Waals surface area contributed by atoms with Crippen LogP contribution < -0.4 is 0 Å². The Kier molecular flexibility index (Phi) is 4.55. The molecule has 1 radical (unpaired) electrons. The van der Waals surface area contributed by atoms with E-state index in [1.165, 1.54) is 11.1 Å². The second-order valence-corrected chi connectivity index (χ2v) is 2.09. The van der Waals surface area contributed by atoms with Gasteiger partial charge in [0.25, 0.3) is 0 Å². The molecule has 0 atom stereocenters. The molecular weight excluding hydrogens is 136 g/mol. The quantitative estimate of drug-likeness (QED) is 0.524. The predicted octanol–water partition coefficient (Wildman–Crippen LogP) is 2.10. The van der Waals surface area contributed by atoms with Crippen LogP contribution in [0.25, 0.3) is 0 Å². The van der Waals surface area contributed by atoms with E-state index in [2.05, 4.69) is 26.0 Å². The van der Waals surface area contributed by atoms with E-state index in [-0.39, 0.29) is 37.7 Å². The Labute approximate surface area is 86.3 Å². The van der Waals surface area contributed by atoms with E-state index in [9.17, 15) is 0 Å². The summed E-state index contributed by atoms with van der Waals surface area (Å²) in [5.74, 6) is 0. The smallest absolute Gasteiger partial charge is 0 e. The Hall–Kier alpha value is 0.480. The van der Waals surface area contributed by atoms with Gasteiger partial charge in [-0.15, -0.1) is 0 Å². The SMILES string of the molecule is Cc1c[c]cc(C)c1.[Ar]. The van der Waals surface area contributed by atoms with Gasteiger partial charge < -0.3 is 0 Å². The van der Waals surface area contributed by atoms with Crippen LogP contribution in [0.4, 0.5) is 0 Å². The number of hydrogen-bond acceptors (Lipinski definition) is 0. The van der Waals surface area contributed by atoms with Gasteiger partial charge in [0, 0.05) is 37.7 Å². The summed E-state index contributed by atoms with van der Waals surface area (Å²) in [6, 6.07) is 9.12. The first-order valence-corrected chi connectivity index (χ1v) is 2.73. The van der Waals surface area contributed by atoms with Crippen molar-refractivity contribution in [2.24, 2.45) is 0 Å². The van der Waals surface area contributed by atoms with Crippen molar-refractivity contribution in [3.63, 3.8) is 0 Å². The van der Waals surface area contributed by atoms with E-state index >= 15 is 0 Å². The average Bonchev–Trinajstić information content (AvgIpc) is 1.64. The van der Waals surface area contributed by atoms with E-state index in [4.69, 9.17) is 0 Å². The summed E-state index contributed by atoms with van der Waals surface area (Å²) in [6.45, 7) is 4.15. The van der Waals surface area contributed by atoms with Crippen molar-refractivity contribution in [2.75, 3.05) is 0 Å². The second-order valence-electron chi connectivity index (χ2n) is 2.09. The summed E-state index contributed by atoms with van der Waals surface area (Å²) in [7, 11) is 0. The Morgan fingerprint density at radius 1 is 1.11 bits per heavy atom. The zero-order valence-corrected chi connectivity index (χ0v) is 6.29. The van der Waals surface area contributed by atoms with Gasteiger partial charge in [-0.05, 0) is 19.9 Å². The third-order valence-corrected chi connectivity index (χ3v) is 1.08. The minimum Gasteiger partial charge on any atom is -0.0563 e. The third-order valence-electron chi connectivity index (χ3n) is 1.08. The van der Waals surface area contributed by atoms with E-state index in [0.29, 0.717) is 0 Å². The molecule has 0 bridgehead atoms. The van der Waals surface area contributed by atoms with Gasteiger partial charge >= 0.3 is 0 Å². The molecule has 0 aliphatic carbocycles. The van der Waals surface area contributed by atoms with E-state index in [0.717, 1.165) is 0 Å². The summed E-state index contributed by atoms with van der Waals surface area (Å²) in [5, 5.41) is 0. The molecule has 0 aliphatic rings. The summed E-state index contributed by atoms with van der Waals surface area (Å²) in [5.41, 5.74) is 2.56. The van der Waals surface area contributed by atoms with Gasteiger partial charge in [-0.3, -0.25) is 0 Å². The maximum absolute atomic E-state index is 3.03. The van der Waals surface area contributed by atoms with Gasteiger partial charge in [0.15, 0.2) is 0 Å². The fourth-order valence-corrected chi connectivity index (χ4v) is 0.747. The van der Waals surface area contributed by atoms with Crippen molar-refractivity contribution in [3.05, 3.63) is 35.4 Å². The van der Waals surface area contributed by atoms with Gasteiger partial charge in [-0.25, -0.2) is 0 Å². The van der Waals surface area contributed by atoms with Crippen LogP contribution in [0.1, 0.15) is 11.1 Å². The Balaban J connectivity index is 0.000000640. The molecule has 9 heavy (non-hydrogen) atoms. The molecule has 1 rings (SSSR count). The molecule has 0 saturated carbocycles. The Bertz CT molecular complexity index is 164. The van der Waals surface area contributed by atoms with Crippen molar-refractivity contribution >= 4 is 0 Å². The zero-order valence-electron chi connectivity index (χ0n) is 5.59. The predicted molar refractivity (Wildman–Crippen MR) is 34.8 cm³/mol. The van der Waals surface area contributed by atoms with Crippen molar-refractivity contribution in [1.82, 2.24) is 0 Å². The fourth-order valence-electron chi connectivity index (χ4n) is 0.747. The molecule has 1 aromatic rings. The molecule has 0 aromatic heterocycles. The molecule has 0 unspecified atom stereocenters. The molecule has 0 spiro atoms. The van der Waals surface area contributed by atoms with Crippen molar-refractivity contribution in [1.29, 1.82) is 0 Å². The number of aryl methyl sites for hydroxylation is 2. The first kappa shape index (κ1) is 9.48. The monoisotopic (exact) mass is 145 g/mol. The first-order chi connectivity index (χ1) is 3.79. The number of hydrogen-bond donors (Lipinski definition) is 0. The maximum atomic E-state index is 3.03. The molecule has 1 heteroatoms. The maximum Gasteiger partial charge on any atom is 0 e. The standard InChI is InChI=1S/C8H9.Ar/c1-7-4-3-5-8(2)6-7;/h4-6H,1-2H3;. The Morgan fingerprint density at radius 2 is 1.56 bits per heavy atom. The van der Waals surface area contributed by atoms with Crippen molar-refractivity contribution in [2.45, 2.75) is 13.8 Å². The molecule has 0 fully saturated rings. The summed E-state index contributed by atoms with van der Waals surface area (Å²) < 4.78 is 0. The summed E-state index contributed by atoms with van der Waals surface area (Å²) in [6.07, 6.45) is 0. The average molecular weight is 145 g/mol. The van der Waals surface area contributed by atoms with Crippen molar-refractivity contribution < 1.29 is 37.7 Å². The summed E-state index contributed by atoms with van der Waals surface area (Å²) >= 11 is 0. The number of rotatable bonds is 0. The molecule has 0 heterocycles. The van der Waals surface area contributed by atoms with Gasteiger partial charge in [0.1, 0.15) is 0 Å². The van der Waals surface area contributed by atoms with Gasteiger partial charge in [0.05, 0.1) is 0 Å². The molecule has 0 amide bonds. The largest absolute Gasteiger partial charge is 0.0563 e. The molecule has 0 nitrogen and oxygen atoms in total. The normalized spacial score (nSPS) is 8.22. The Morgan fingerprint density at radius 3 is 1.78 bits per heavy atom. The van der Waals surface area contributed by atoms with Crippen LogP contribution in [0.5, 0.6) is 0 Å². The molecule has 0 aliphatic heterocycles. The van der Waals surface area contributed by atoms with Crippen LogP contribution in [-0.4, -0.2) is 0 Å². The van der Waals surface area contributed by atoms with Crippen LogP contribution in [0.15, 0.2) is 18.2 Å². The van der Waals surface area contributed by atoms with Gasteiger partial charge in [-0.2, -0.15) is 0 Å². The first-order valence-electron chi connectivity index (χ1n) is 2.73. The van der Waals surface area contributed by atoms with Crippen LogP contribution in [-0.2, 0) is 0 Å². The zero-order chi connectivity index (χ0) is 5.98. The van der Waals surface area contributed by atoms with E-state index < -0.39 is 0 Å². The molecular formula is C8H9Ar.